The van der Waals surface area contributed by atoms with E-state index in [1.165, 1.54) is 89.9 Å². The van der Waals surface area contributed by atoms with Crippen LogP contribution in [0.15, 0.2) is 0 Å². The van der Waals surface area contributed by atoms with Gasteiger partial charge in [-0.2, -0.15) is 0 Å². The van der Waals surface area contributed by atoms with Crippen LogP contribution < -0.4 is 0 Å². The van der Waals surface area contributed by atoms with Crippen LogP contribution in [0.4, 0.5) is 0 Å². The second kappa shape index (κ2) is 17.0. The highest BCUT2D eigenvalue weighted by Crippen LogP contribution is 2.20. The van der Waals surface area contributed by atoms with Crippen LogP contribution >= 0.6 is 0 Å². The van der Waals surface area contributed by atoms with Gasteiger partial charge in [0.2, 0.25) is 0 Å². The van der Waals surface area contributed by atoms with Crippen molar-refractivity contribution in [3.63, 3.8) is 0 Å². The van der Waals surface area contributed by atoms with Gasteiger partial charge in [0.05, 0.1) is 6.10 Å². The normalized spacial score (nSPS) is 16.8. The number of aldehydes is 1. The zero-order valence-corrected chi connectivity index (χ0v) is 16.7. The molecule has 25 heavy (non-hydrogen) atoms. The monoisotopic (exact) mass is 354 g/mol. The van der Waals surface area contributed by atoms with Crippen LogP contribution in [0.3, 0.4) is 0 Å². The molecule has 3 heteroatoms. The second-order valence-corrected chi connectivity index (χ2v) is 7.58. The van der Waals surface area contributed by atoms with E-state index in [-0.39, 0.29) is 6.10 Å². The summed E-state index contributed by atoms with van der Waals surface area (Å²) in [7, 11) is 0. The summed E-state index contributed by atoms with van der Waals surface area (Å²) in [6.07, 6.45) is 22.0. The fraction of sp³-hybridized carbons (Fsp3) is 0.955. The molecule has 1 aliphatic carbocycles. The van der Waals surface area contributed by atoms with E-state index < -0.39 is 0 Å². The molecule has 3 nitrogen and oxygen atoms in total. The lowest BCUT2D eigenvalue weighted by Gasteiger charge is -2.21. The molecule has 1 atom stereocenters. The van der Waals surface area contributed by atoms with Gasteiger partial charge in [0.25, 0.3) is 0 Å². The zero-order chi connectivity index (χ0) is 18.0. The maximum absolute atomic E-state index is 10.8. The number of hydrogen-bond donors (Lipinski definition) is 0. The quantitative estimate of drug-likeness (QED) is 0.229. The standard InChI is InChI=1S/C22H42O3/c1-2-24-22(20-23)18-12-9-7-5-3-4-6-8-10-15-19-25-21-16-13-11-14-17-21/h20-22H,2-19H2,1H3. The Labute approximate surface area is 156 Å². The lowest BCUT2D eigenvalue weighted by Crippen LogP contribution is -2.17. The average Bonchev–Trinajstić information content (AvgIpc) is 2.65. The summed E-state index contributed by atoms with van der Waals surface area (Å²) < 4.78 is 11.3. The van der Waals surface area contributed by atoms with E-state index in [1.54, 1.807) is 0 Å². The highest BCUT2D eigenvalue weighted by Gasteiger charge is 2.12. The first-order valence-corrected chi connectivity index (χ1v) is 11.0. The molecule has 0 radical (unpaired) electrons. The van der Waals surface area contributed by atoms with E-state index in [0.717, 1.165) is 25.7 Å². The Kier molecular flexibility index (Phi) is 15.4. The molecular weight excluding hydrogens is 312 g/mol. The van der Waals surface area contributed by atoms with Gasteiger partial charge in [0.15, 0.2) is 0 Å². The first-order chi connectivity index (χ1) is 12.4. The minimum atomic E-state index is -0.174. The number of unbranched alkanes of at least 4 members (excludes halogenated alkanes) is 9. The molecule has 0 amide bonds. The Morgan fingerprint density at radius 1 is 0.840 bits per heavy atom. The van der Waals surface area contributed by atoms with Gasteiger partial charge in [0.1, 0.15) is 12.4 Å². The maximum Gasteiger partial charge on any atom is 0.148 e. The highest BCUT2D eigenvalue weighted by atomic mass is 16.5. The molecule has 0 spiro atoms. The Balaban J connectivity index is 1.73. The SMILES string of the molecule is CCOC(C=O)CCCCCCCCCCCCOC1CCCCC1. The topological polar surface area (TPSA) is 35.5 Å². The molecule has 0 aliphatic heterocycles. The Hall–Kier alpha value is -0.410. The summed E-state index contributed by atoms with van der Waals surface area (Å²) in [6, 6.07) is 0. The summed E-state index contributed by atoms with van der Waals surface area (Å²) in [4.78, 5) is 10.8. The predicted octanol–water partition coefficient (Wildman–Crippen LogP) is 6.23. The van der Waals surface area contributed by atoms with Crippen molar-refractivity contribution in [3.8, 4) is 0 Å². The highest BCUT2D eigenvalue weighted by molar-refractivity contribution is 5.55. The summed E-state index contributed by atoms with van der Waals surface area (Å²) in [6.45, 7) is 3.56. The van der Waals surface area contributed by atoms with Gasteiger partial charge in [-0.05, 0) is 32.6 Å². The van der Waals surface area contributed by atoms with Crippen LogP contribution in [0.1, 0.15) is 110 Å². The van der Waals surface area contributed by atoms with Crippen molar-refractivity contribution in [2.75, 3.05) is 13.2 Å². The molecule has 0 aromatic rings. The molecule has 0 saturated heterocycles. The van der Waals surface area contributed by atoms with E-state index >= 15 is 0 Å². The van der Waals surface area contributed by atoms with Crippen LogP contribution in [0, 0.1) is 0 Å². The molecule has 0 aromatic carbocycles. The van der Waals surface area contributed by atoms with Crippen LogP contribution in [-0.4, -0.2) is 31.7 Å². The molecule has 1 rings (SSSR count). The zero-order valence-electron chi connectivity index (χ0n) is 16.7. The molecule has 1 saturated carbocycles. The molecule has 0 N–H and O–H groups in total. The van der Waals surface area contributed by atoms with Crippen molar-refractivity contribution in [2.45, 2.75) is 122 Å². The first kappa shape index (κ1) is 22.6. The molecule has 148 valence electrons. The number of hydrogen-bond acceptors (Lipinski definition) is 3. The third-order valence-corrected chi connectivity index (χ3v) is 5.32. The van der Waals surface area contributed by atoms with E-state index in [4.69, 9.17) is 9.47 Å². The smallest absolute Gasteiger partial charge is 0.148 e. The first-order valence-electron chi connectivity index (χ1n) is 11.0. The van der Waals surface area contributed by atoms with E-state index in [9.17, 15) is 4.79 Å². The fourth-order valence-electron chi connectivity index (χ4n) is 3.75. The van der Waals surface area contributed by atoms with Crippen molar-refractivity contribution in [3.05, 3.63) is 0 Å². The van der Waals surface area contributed by atoms with Crippen molar-refractivity contribution < 1.29 is 14.3 Å². The molecule has 1 unspecified atom stereocenters. The number of carbonyl (C=O) groups excluding carboxylic acids is 1. The number of carbonyl (C=O) groups is 1. The molecule has 1 fully saturated rings. The maximum atomic E-state index is 10.8. The minimum Gasteiger partial charge on any atom is -0.378 e. The summed E-state index contributed by atoms with van der Waals surface area (Å²) in [5, 5.41) is 0. The third kappa shape index (κ3) is 13.5. The summed E-state index contributed by atoms with van der Waals surface area (Å²) >= 11 is 0. The largest absolute Gasteiger partial charge is 0.378 e. The summed E-state index contributed by atoms with van der Waals surface area (Å²) in [5.74, 6) is 0. The lowest BCUT2D eigenvalue weighted by molar-refractivity contribution is -0.118. The molecule has 0 aromatic heterocycles. The van der Waals surface area contributed by atoms with Gasteiger partial charge >= 0.3 is 0 Å². The molecule has 0 heterocycles. The lowest BCUT2D eigenvalue weighted by atomic mass is 9.98. The van der Waals surface area contributed by atoms with Crippen LogP contribution in [0.25, 0.3) is 0 Å². The van der Waals surface area contributed by atoms with Crippen LogP contribution in [0.2, 0.25) is 0 Å². The van der Waals surface area contributed by atoms with E-state index in [2.05, 4.69) is 0 Å². The predicted molar refractivity (Wildman–Crippen MR) is 105 cm³/mol. The van der Waals surface area contributed by atoms with Gasteiger partial charge < -0.3 is 14.3 Å². The van der Waals surface area contributed by atoms with Crippen molar-refractivity contribution in [1.82, 2.24) is 0 Å². The van der Waals surface area contributed by atoms with E-state index in [1.807, 2.05) is 6.92 Å². The Bertz CT molecular complexity index is 287. The van der Waals surface area contributed by atoms with Crippen molar-refractivity contribution in [2.24, 2.45) is 0 Å². The van der Waals surface area contributed by atoms with Gasteiger partial charge in [0, 0.05) is 13.2 Å². The van der Waals surface area contributed by atoms with Crippen molar-refractivity contribution in [1.29, 1.82) is 0 Å². The Morgan fingerprint density at radius 3 is 1.96 bits per heavy atom. The fourth-order valence-corrected chi connectivity index (χ4v) is 3.75. The number of ether oxygens (including phenoxy) is 2. The van der Waals surface area contributed by atoms with Gasteiger partial charge in [-0.1, -0.05) is 77.0 Å². The minimum absolute atomic E-state index is 0.174. The summed E-state index contributed by atoms with van der Waals surface area (Å²) in [5.41, 5.74) is 0. The van der Waals surface area contributed by atoms with E-state index in [0.29, 0.717) is 12.7 Å². The van der Waals surface area contributed by atoms with Gasteiger partial charge in [-0.3, -0.25) is 0 Å². The van der Waals surface area contributed by atoms with Crippen molar-refractivity contribution >= 4 is 6.29 Å². The molecule has 1 aliphatic rings. The average molecular weight is 355 g/mol. The second-order valence-electron chi connectivity index (χ2n) is 7.58. The van der Waals surface area contributed by atoms with Crippen LogP contribution in [0.5, 0.6) is 0 Å². The molecule has 0 bridgehead atoms. The van der Waals surface area contributed by atoms with Gasteiger partial charge in [-0.15, -0.1) is 0 Å². The molecular formula is C22H42O3. The Morgan fingerprint density at radius 2 is 1.40 bits per heavy atom. The number of rotatable bonds is 17. The van der Waals surface area contributed by atoms with Gasteiger partial charge in [-0.25, -0.2) is 0 Å². The third-order valence-electron chi connectivity index (χ3n) is 5.32. The van der Waals surface area contributed by atoms with Crippen LogP contribution in [-0.2, 0) is 14.3 Å².